The van der Waals surface area contributed by atoms with Crippen molar-refractivity contribution >= 4 is 11.7 Å². The van der Waals surface area contributed by atoms with Crippen LogP contribution >= 0.6 is 0 Å². The summed E-state index contributed by atoms with van der Waals surface area (Å²) in [5.41, 5.74) is 3.80. The molecule has 2 N–H and O–H groups in total. The van der Waals surface area contributed by atoms with Gasteiger partial charge in [-0.2, -0.15) is 0 Å². The van der Waals surface area contributed by atoms with E-state index in [4.69, 9.17) is 0 Å². The van der Waals surface area contributed by atoms with E-state index in [0.29, 0.717) is 0 Å². The highest BCUT2D eigenvalue weighted by Gasteiger charge is 2.38. The number of carbonyl (C=O) groups excluding carboxylic acids is 1. The Balaban J connectivity index is 2.02. The van der Waals surface area contributed by atoms with Gasteiger partial charge >= 0.3 is 6.03 Å². The molecule has 1 aromatic carbocycles. The van der Waals surface area contributed by atoms with Crippen molar-refractivity contribution in [3.8, 4) is 0 Å². The van der Waals surface area contributed by atoms with Crippen LogP contribution in [-0.4, -0.2) is 11.7 Å². The first-order chi connectivity index (χ1) is 8.64. The Labute approximate surface area is 108 Å². The Hall–Kier alpha value is -1.55. The summed E-state index contributed by atoms with van der Waals surface area (Å²) in [5.74, 6) is 0. The van der Waals surface area contributed by atoms with Crippen molar-refractivity contribution in [2.24, 2.45) is 0 Å². The zero-order chi connectivity index (χ0) is 13.0. The van der Waals surface area contributed by atoms with E-state index in [1.54, 1.807) is 5.01 Å². The van der Waals surface area contributed by atoms with Crippen molar-refractivity contribution < 1.29 is 4.79 Å². The molecule has 2 rings (SSSR count). The van der Waals surface area contributed by atoms with Crippen LogP contribution in [0.1, 0.15) is 39.5 Å². The lowest BCUT2D eigenvalue weighted by Crippen LogP contribution is -2.48. The lowest BCUT2D eigenvalue weighted by atomic mass is 10.1. The van der Waals surface area contributed by atoms with Gasteiger partial charge in [-0.3, -0.25) is 0 Å². The van der Waals surface area contributed by atoms with Crippen LogP contribution in [0.2, 0.25) is 0 Å². The largest absolute Gasteiger partial charge is 0.338 e. The van der Waals surface area contributed by atoms with E-state index < -0.39 is 0 Å². The first kappa shape index (κ1) is 12.9. The maximum absolute atomic E-state index is 12.0. The smallest absolute Gasteiger partial charge is 0.317 e. The van der Waals surface area contributed by atoms with E-state index in [1.165, 1.54) is 12.8 Å². The Kier molecular flexibility index (Phi) is 3.87. The number of benzene rings is 1. The molecule has 18 heavy (non-hydrogen) atoms. The highest BCUT2D eigenvalue weighted by molar-refractivity contribution is 5.93. The van der Waals surface area contributed by atoms with Crippen LogP contribution in [0.3, 0.4) is 0 Å². The van der Waals surface area contributed by atoms with Gasteiger partial charge in [0.1, 0.15) is 5.66 Å². The molecule has 1 aliphatic rings. The molecule has 4 nitrogen and oxygen atoms in total. The predicted octanol–water partition coefficient (Wildman–Crippen LogP) is 3.02. The molecule has 1 aliphatic heterocycles. The minimum Gasteiger partial charge on any atom is -0.317 e. The minimum atomic E-state index is -0.331. The average Bonchev–Trinajstić information content (AvgIpc) is 2.67. The van der Waals surface area contributed by atoms with Gasteiger partial charge in [-0.25, -0.2) is 15.2 Å². The van der Waals surface area contributed by atoms with Crippen molar-refractivity contribution in [1.82, 2.24) is 10.7 Å². The Bertz CT molecular complexity index is 407. The number of amides is 2. The highest BCUT2D eigenvalue weighted by atomic mass is 16.2. The Morgan fingerprint density at radius 1 is 1.22 bits per heavy atom. The predicted molar refractivity (Wildman–Crippen MR) is 73.1 cm³/mol. The molecule has 0 aliphatic carbocycles. The number of urea groups is 1. The number of nitrogens with one attached hydrogen (secondary N) is 2. The van der Waals surface area contributed by atoms with Gasteiger partial charge in [-0.1, -0.05) is 38.0 Å². The van der Waals surface area contributed by atoms with Gasteiger partial charge in [0.15, 0.2) is 0 Å². The fraction of sp³-hybridized carbons (Fsp3) is 0.500. The molecule has 0 radical (unpaired) electrons. The van der Waals surface area contributed by atoms with Crippen molar-refractivity contribution in [3.63, 3.8) is 0 Å². The first-order valence-electron chi connectivity index (χ1n) is 6.60. The third-order valence-electron chi connectivity index (χ3n) is 3.24. The number of nitrogens with zero attached hydrogens (tertiary/aromatic N) is 1. The molecular weight excluding hydrogens is 226 g/mol. The molecule has 2 amide bonds. The SMILES string of the molecule is CCCCCC1(C)NC(=O)N(c2ccccc2)N1. The van der Waals surface area contributed by atoms with Crippen LogP contribution in [0.15, 0.2) is 30.3 Å². The van der Waals surface area contributed by atoms with E-state index in [2.05, 4.69) is 17.7 Å². The first-order valence-corrected chi connectivity index (χ1v) is 6.60. The number of carbonyl (C=O) groups is 1. The molecule has 1 fully saturated rings. The monoisotopic (exact) mass is 247 g/mol. The second-order valence-corrected chi connectivity index (χ2v) is 5.00. The number of hydrazine groups is 1. The molecule has 1 heterocycles. The van der Waals surface area contributed by atoms with E-state index in [1.807, 2.05) is 37.3 Å². The van der Waals surface area contributed by atoms with Crippen molar-refractivity contribution in [3.05, 3.63) is 30.3 Å². The molecule has 98 valence electrons. The molecule has 1 aromatic rings. The number of unbranched alkanes of at least 4 members (excludes halogenated alkanes) is 2. The second-order valence-electron chi connectivity index (χ2n) is 5.00. The summed E-state index contributed by atoms with van der Waals surface area (Å²) in [6.07, 6.45) is 4.43. The number of hydrogen-bond donors (Lipinski definition) is 2. The molecule has 4 heteroatoms. The van der Waals surface area contributed by atoms with Gasteiger partial charge in [0.05, 0.1) is 5.69 Å². The lowest BCUT2D eigenvalue weighted by molar-refractivity contribution is 0.246. The van der Waals surface area contributed by atoms with E-state index in [0.717, 1.165) is 18.5 Å². The van der Waals surface area contributed by atoms with Gasteiger partial charge in [0.25, 0.3) is 0 Å². The number of para-hydroxylation sites is 1. The molecule has 0 aromatic heterocycles. The van der Waals surface area contributed by atoms with Crippen LogP contribution in [0.25, 0.3) is 0 Å². The molecule has 0 spiro atoms. The van der Waals surface area contributed by atoms with Crippen LogP contribution in [0.4, 0.5) is 10.5 Å². The normalized spacial score (nSPS) is 23.2. The molecule has 0 saturated carbocycles. The zero-order valence-corrected chi connectivity index (χ0v) is 11.1. The van der Waals surface area contributed by atoms with Crippen molar-refractivity contribution in [2.45, 2.75) is 45.2 Å². The Morgan fingerprint density at radius 3 is 2.61 bits per heavy atom. The van der Waals surface area contributed by atoms with E-state index >= 15 is 0 Å². The molecule has 1 saturated heterocycles. The highest BCUT2D eigenvalue weighted by Crippen LogP contribution is 2.22. The molecule has 1 atom stereocenters. The summed E-state index contributed by atoms with van der Waals surface area (Å²) in [6.45, 7) is 4.21. The third-order valence-corrected chi connectivity index (χ3v) is 3.24. The fourth-order valence-corrected chi connectivity index (χ4v) is 2.22. The van der Waals surface area contributed by atoms with E-state index in [9.17, 15) is 4.79 Å². The quantitative estimate of drug-likeness (QED) is 0.786. The zero-order valence-electron chi connectivity index (χ0n) is 11.1. The van der Waals surface area contributed by atoms with Gasteiger partial charge in [0.2, 0.25) is 0 Å². The summed E-state index contributed by atoms with van der Waals surface area (Å²) in [4.78, 5) is 12.0. The minimum absolute atomic E-state index is 0.0831. The summed E-state index contributed by atoms with van der Waals surface area (Å²) < 4.78 is 0. The molecule has 1 unspecified atom stereocenters. The maximum atomic E-state index is 12.0. The topological polar surface area (TPSA) is 44.4 Å². The van der Waals surface area contributed by atoms with Crippen LogP contribution in [0, 0.1) is 0 Å². The summed E-state index contributed by atoms with van der Waals surface area (Å²) in [5, 5.41) is 4.60. The summed E-state index contributed by atoms with van der Waals surface area (Å²) in [6, 6.07) is 9.56. The second kappa shape index (κ2) is 5.40. The Morgan fingerprint density at radius 2 is 1.94 bits per heavy atom. The summed E-state index contributed by atoms with van der Waals surface area (Å²) in [7, 11) is 0. The van der Waals surface area contributed by atoms with Crippen molar-refractivity contribution in [1.29, 1.82) is 0 Å². The van der Waals surface area contributed by atoms with Gasteiger partial charge in [-0.05, 0) is 31.9 Å². The number of anilines is 1. The molecule has 0 bridgehead atoms. The number of hydrogen-bond acceptors (Lipinski definition) is 2. The van der Waals surface area contributed by atoms with Crippen LogP contribution in [0.5, 0.6) is 0 Å². The van der Waals surface area contributed by atoms with E-state index in [-0.39, 0.29) is 11.7 Å². The van der Waals surface area contributed by atoms with Gasteiger partial charge < -0.3 is 5.32 Å². The van der Waals surface area contributed by atoms with Gasteiger partial charge in [0, 0.05) is 0 Å². The fourth-order valence-electron chi connectivity index (χ4n) is 2.22. The number of rotatable bonds is 5. The van der Waals surface area contributed by atoms with Crippen LogP contribution in [-0.2, 0) is 0 Å². The molecular formula is C14H21N3O. The lowest BCUT2D eigenvalue weighted by Gasteiger charge is -2.24. The van der Waals surface area contributed by atoms with Gasteiger partial charge in [-0.15, -0.1) is 0 Å². The maximum Gasteiger partial charge on any atom is 0.338 e. The standard InChI is InChI=1S/C14H21N3O/c1-3-4-8-11-14(2)15-13(18)17(16-14)12-9-6-5-7-10-12/h5-7,9-10,16H,3-4,8,11H2,1-2H3,(H,15,18). The average molecular weight is 247 g/mol. The third kappa shape index (κ3) is 2.82. The summed E-state index contributed by atoms with van der Waals surface area (Å²) >= 11 is 0. The van der Waals surface area contributed by atoms with Crippen LogP contribution < -0.4 is 15.8 Å². The van der Waals surface area contributed by atoms with Crippen molar-refractivity contribution in [2.75, 3.05) is 5.01 Å².